The zero-order chi connectivity index (χ0) is 15.6. The first kappa shape index (κ1) is 15.6. The number of aromatic hydroxyl groups is 1. The monoisotopic (exact) mass is 303 g/mol. The lowest BCUT2D eigenvalue weighted by molar-refractivity contribution is -0.000291. The van der Waals surface area contributed by atoms with Gasteiger partial charge in [0.05, 0.1) is 11.7 Å². The molecule has 7 heteroatoms. The van der Waals surface area contributed by atoms with Crippen molar-refractivity contribution >= 4 is 5.91 Å². The van der Waals surface area contributed by atoms with Crippen LogP contribution in [0.3, 0.4) is 0 Å². The molecule has 0 aliphatic carbocycles. The van der Waals surface area contributed by atoms with E-state index in [0.29, 0.717) is 12.7 Å². The number of hydrogen-bond donors (Lipinski definition) is 1. The summed E-state index contributed by atoms with van der Waals surface area (Å²) in [5, 5.41) is 9.13. The average Bonchev–Trinajstić information content (AvgIpc) is 2.49. The van der Waals surface area contributed by atoms with Gasteiger partial charge in [0.15, 0.2) is 17.4 Å². The Bertz CT molecular complexity index is 545. The van der Waals surface area contributed by atoms with E-state index < -0.39 is 34.7 Å². The second kappa shape index (κ2) is 6.34. The van der Waals surface area contributed by atoms with Crippen molar-refractivity contribution in [2.75, 3.05) is 20.2 Å². The number of benzene rings is 1. The largest absolute Gasteiger partial charge is 0.503 e. The Morgan fingerprint density at radius 3 is 2.71 bits per heavy atom. The summed E-state index contributed by atoms with van der Waals surface area (Å²) in [7, 11) is 1.41. The molecule has 0 saturated carbocycles. The quantitative estimate of drug-likeness (QED) is 0.873. The van der Waals surface area contributed by atoms with Crippen molar-refractivity contribution in [1.82, 2.24) is 4.90 Å². The summed E-state index contributed by atoms with van der Waals surface area (Å²) in [4.78, 5) is 13.3. The van der Waals surface area contributed by atoms with Crippen molar-refractivity contribution in [3.8, 4) is 5.75 Å². The fraction of sp³-hybridized carbons (Fsp3) is 0.500. The fourth-order valence-electron chi connectivity index (χ4n) is 2.29. The zero-order valence-electron chi connectivity index (χ0n) is 11.5. The van der Waals surface area contributed by atoms with Gasteiger partial charge < -0.3 is 14.7 Å². The van der Waals surface area contributed by atoms with E-state index in [9.17, 15) is 18.0 Å². The number of carbonyl (C=O) groups excluding carboxylic acids is 1. The normalized spacial score (nSPS) is 18.6. The molecule has 0 unspecified atom stereocenters. The highest BCUT2D eigenvalue weighted by molar-refractivity contribution is 5.94. The number of likely N-dealkylation sites (N-methyl/N-ethyl adjacent to an activating group) is 1. The number of hydrogen-bond acceptors (Lipinski definition) is 3. The molecule has 1 fully saturated rings. The van der Waals surface area contributed by atoms with Crippen LogP contribution in [0, 0.1) is 17.5 Å². The first-order valence-corrected chi connectivity index (χ1v) is 6.65. The van der Waals surface area contributed by atoms with Gasteiger partial charge in [-0.25, -0.2) is 8.78 Å². The molecule has 1 amide bonds. The van der Waals surface area contributed by atoms with Gasteiger partial charge in [0.2, 0.25) is 5.82 Å². The molecule has 0 bridgehead atoms. The van der Waals surface area contributed by atoms with Gasteiger partial charge in [0, 0.05) is 20.2 Å². The third-order valence-electron chi connectivity index (χ3n) is 3.46. The molecule has 21 heavy (non-hydrogen) atoms. The van der Waals surface area contributed by atoms with E-state index in [2.05, 4.69) is 0 Å². The minimum absolute atomic E-state index is 0.158. The van der Waals surface area contributed by atoms with Gasteiger partial charge in [-0.3, -0.25) is 4.79 Å². The topological polar surface area (TPSA) is 49.8 Å². The van der Waals surface area contributed by atoms with Crippen molar-refractivity contribution in [3.63, 3.8) is 0 Å². The maximum absolute atomic E-state index is 13.7. The van der Waals surface area contributed by atoms with Gasteiger partial charge in [-0.1, -0.05) is 0 Å². The Morgan fingerprint density at radius 1 is 1.38 bits per heavy atom. The van der Waals surface area contributed by atoms with Crippen molar-refractivity contribution in [2.45, 2.75) is 25.4 Å². The summed E-state index contributed by atoms with van der Waals surface area (Å²) in [5.74, 6) is -6.96. The van der Waals surface area contributed by atoms with Crippen molar-refractivity contribution in [3.05, 3.63) is 29.1 Å². The smallest absolute Gasteiger partial charge is 0.256 e. The van der Waals surface area contributed by atoms with Gasteiger partial charge >= 0.3 is 0 Å². The molecule has 1 aromatic carbocycles. The van der Waals surface area contributed by atoms with Crippen LogP contribution >= 0.6 is 0 Å². The van der Waals surface area contributed by atoms with E-state index in [-0.39, 0.29) is 12.6 Å². The Balaban J connectivity index is 2.15. The first-order valence-electron chi connectivity index (χ1n) is 6.65. The maximum Gasteiger partial charge on any atom is 0.256 e. The second-order valence-electron chi connectivity index (χ2n) is 5.06. The molecule has 0 radical (unpaired) electrons. The number of halogens is 3. The minimum atomic E-state index is -1.71. The number of amides is 1. The molecule has 2 rings (SSSR count). The lowest BCUT2D eigenvalue weighted by Gasteiger charge is -2.27. The summed E-state index contributed by atoms with van der Waals surface area (Å²) in [6.45, 7) is 0.824. The lowest BCUT2D eigenvalue weighted by atomic mass is 10.1. The van der Waals surface area contributed by atoms with E-state index in [1.165, 1.54) is 11.9 Å². The number of phenols is 1. The molecule has 1 aliphatic rings. The fourth-order valence-corrected chi connectivity index (χ4v) is 2.29. The SMILES string of the molecule is CN(C[C@H]1CCCCO1)C(=O)c1cc(F)c(F)c(O)c1F. The zero-order valence-corrected chi connectivity index (χ0v) is 11.5. The van der Waals surface area contributed by atoms with Gasteiger partial charge in [0.25, 0.3) is 5.91 Å². The number of rotatable bonds is 3. The molecule has 1 heterocycles. The van der Waals surface area contributed by atoms with Gasteiger partial charge in [0.1, 0.15) is 0 Å². The molecule has 0 spiro atoms. The number of phenolic OH excluding ortho intramolecular Hbond substituents is 1. The molecular weight excluding hydrogens is 287 g/mol. The van der Waals surface area contributed by atoms with Gasteiger partial charge in [-0.15, -0.1) is 0 Å². The van der Waals surface area contributed by atoms with Crippen LogP contribution in [0.1, 0.15) is 29.6 Å². The minimum Gasteiger partial charge on any atom is -0.503 e. The van der Waals surface area contributed by atoms with Crippen LogP contribution in [0.15, 0.2) is 6.07 Å². The molecule has 1 N–H and O–H groups in total. The van der Waals surface area contributed by atoms with Crippen molar-refractivity contribution in [1.29, 1.82) is 0 Å². The van der Waals surface area contributed by atoms with Crippen LogP contribution in [-0.2, 0) is 4.74 Å². The second-order valence-corrected chi connectivity index (χ2v) is 5.06. The van der Waals surface area contributed by atoms with E-state index in [1.807, 2.05) is 0 Å². The van der Waals surface area contributed by atoms with Crippen LogP contribution in [0.2, 0.25) is 0 Å². The molecule has 0 aromatic heterocycles. The van der Waals surface area contributed by atoms with Crippen LogP contribution in [-0.4, -0.2) is 42.2 Å². The van der Waals surface area contributed by atoms with Crippen LogP contribution in [0.4, 0.5) is 13.2 Å². The number of carbonyl (C=O) groups is 1. The summed E-state index contributed by atoms with van der Waals surface area (Å²) in [6.07, 6.45) is 2.56. The summed E-state index contributed by atoms with van der Waals surface area (Å²) in [5.41, 5.74) is -0.704. The van der Waals surface area contributed by atoms with Crippen LogP contribution in [0.25, 0.3) is 0 Å². The molecule has 4 nitrogen and oxygen atoms in total. The molecular formula is C14H16F3NO3. The Morgan fingerprint density at radius 2 is 2.10 bits per heavy atom. The van der Waals surface area contributed by atoms with Crippen LogP contribution in [0.5, 0.6) is 5.75 Å². The molecule has 1 saturated heterocycles. The first-order chi connectivity index (χ1) is 9.91. The summed E-state index contributed by atoms with van der Waals surface area (Å²) < 4.78 is 45.4. The average molecular weight is 303 g/mol. The third kappa shape index (κ3) is 3.29. The molecule has 1 atom stereocenters. The van der Waals surface area contributed by atoms with Crippen molar-refractivity contribution in [2.24, 2.45) is 0 Å². The Labute approximate surface area is 120 Å². The third-order valence-corrected chi connectivity index (χ3v) is 3.46. The van der Waals surface area contributed by atoms with Crippen molar-refractivity contribution < 1.29 is 27.8 Å². The standard InChI is InChI=1S/C14H16F3NO3/c1-18(7-8-4-2-3-5-21-8)14(20)9-6-10(15)12(17)13(19)11(9)16/h6,8,19H,2-5,7H2,1H3/t8-/m1/s1. The Hall–Kier alpha value is -1.76. The number of ether oxygens (including phenoxy) is 1. The highest BCUT2D eigenvalue weighted by Gasteiger charge is 2.26. The lowest BCUT2D eigenvalue weighted by Crippen LogP contribution is -2.37. The highest BCUT2D eigenvalue weighted by Crippen LogP contribution is 2.26. The molecule has 1 aromatic rings. The van der Waals surface area contributed by atoms with E-state index >= 15 is 0 Å². The predicted octanol–water partition coefficient (Wildman–Crippen LogP) is 2.45. The Kier molecular flexibility index (Phi) is 4.72. The highest BCUT2D eigenvalue weighted by atomic mass is 19.2. The maximum atomic E-state index is 13.7. The summed E-state index contributed by atoms with van der Waals surface area (Å²) in [6, 6.07) is 0.449. The predicted molar refractivity (Wildman–Crippen MR) is 68.5 cm³/mol. The van der Waals surface area contributed by atoms with Crippen LogP contribution < -0.4 is 0 Å². The number of nitrogens with zero attached hydrogens (tertiary/aromatic N) is 1. The van der Waals surface area contributed by atoms with E-state index in [0.717, 1.165) is 19.3 Å². The van der Waals surface area contributed by atoms with E-state index in [1.54, 1.807) is 0 Å². The van der Waals surface area contributed by atoms with Gasteiger partial charge in [-0.2, -0.15) is 4.39 Å². The van der Waals surface area contributed by atoms with Gasteiger partial charge in [-0.05, 0) is 25.3 Å². The summed E-state index contributed by atoms with van der Waals surface area (Å²) >= 11 is 0. The van der Waals surface area contributed by atoms with E-state index in [4.69, 9.17) is 9.84 Å². The molecule has 116 valence electrons. The molecule has 1 aliphatic heterocycles.